The van der Waals surface area contributed by atoms with E-state index in [1.807, 2.05) is 11.9 Å². The average molecular weight is 265 g/mol. The fourth-order valence-electron chi connectivity index (χ4n) is 2.97. The fourth-order valence-corrected chi connectivity index (χ4v) is 2.97. The molecule has 1 aliphatic rings. The Hall–Kier alpha value is -1.42. The molecule has 0 aromatic heterocycles. The predicted octanol–water partition coefficient (Wildman–Crippen LogP) is 2.90. The number of aliphatic carboxylic acids is 1. The van der Waals surface area contributed by atoms with Crippen LogP contribution >= 0.6 is 0 Å². The van der Waals surface area contributed by atoms with E-state index in [9.17, 15) is 14.3 Å². The van der Waals surface area contributed by atoms with E-state index in [0.29, 0.717) is 13.1 Å². The number of hydrogen-bond donors (Lipinski definition) is 1. The van der Waals surface area contributed by atoms with Gasteiger partial charge in [-0.3, -0.25) is 4.79 Å². The third kappa shape index (κ3) is 3.32. The van der Waals surface area contributed by atoms with Crippen LogP contribution in [0.25, 0.3) is 0 Å². The second-order valence-electron chi connectivity index (χ2n) is 5.59. The van der Waals surface area contributed by atoms with Gasteiger partial charge in [0.25, 0.3) is 0 Å². The highest BCUT2D eigenvalue weighted by Gasteiger charge is 2.41. The van der Waals surface area contributed by atoms with Gasteiger partial charge in [0, 0.05) is 13.1 Å². The van der Waals surface area contributed by atoms with Gasteiger partial charge in [0.05, 0.1) is 5.41 Å². The van der Waals surface area contributed by atoms with Crippen LogP contribution in [-0.4, -0.2) is 29.6 Å². The summed E-state index contributed by atoms with van der Waals surface area (Å²) in [4.78, 5) is 13.5. The minimum absolute atomic E-state index is 0.246. The molecule has 1 saturated carbocycles. The Bertz CT molecular complexity index is 438. The monoisotopic (exact) mass is 265 g/mol. The molecule has 0 bridgehead atoms. The summed E-state index contributed by atoms with van der Waals surface area (Å²) in [6.45, 7) is 1.20. The third-order valence-corrected chi connectivity index (χ3v) is 3.95. The van der Waals surface area contributed by atoms with Crippen molar-refractivity contribution in [2.75, 3.05) is 13.6 Å². The first-order valence-electron chi connectivity index (χ1n) is 6.68. The van der Waals surface area contributed by atoms with Crippen molar-refractivity contribution in [2.24, 2.45) is 5.41 Å². The van der Waals surface area contributed by atoms with Gasteiger partial charge in [0.1, 0.15) is 5.82 Å². The Morgan fingerprint density at radius 2 is 1.89 bits per heavy atom. The summed E-state index contributed by atoms with van der Waals surface area (Å²) >= 11 is 0. The number of carboxylic acid groups (broad SMARTS) is 1. The zero-order valence-electron chi connectivity index (χ0n) is 11.2. The molecule has 1 aromatic carbocycles. The maximum atomic E-state index is 12.8. The van der Waals surface area contributed by atoms with Crippen LogP contribution in [0.3, 0.4) is 0 Å². The van der Waals surface area contributed by atoms with Crippen LogP contribution in [0.5, 0.6) is 0 Å². The zero-order valence-corrected chi connectivity index (χ0v) is 11.2. The highest BCUT2D eigenvalue weighted by Crippen LogP contribution is 2.39. The SMILES string of the molecule is CN(Cc1ccc(F)cc1)CC1(C(=O)O)CCCC1. The average Bonchev–Trinajstić information content (AvgIpc) is 2.82. The highest BCUT2D eigenvalue weighted by atomic mass is 19.1. The molecule has 1 fully saturated rings. The van der Waals surface area contributed by atoms with Gasteiger partial charge in [0.15, 0.2) is 0 Å². The Morgan fingerprint density at radius 1 is 1.32 bits per heavy atom. The van der Waals surface area contributed by atoms with Crippen LogP contribution in [0.1, 0.15) is 31.2 Å². The molecular weight excluding hydrogens is 245 g/mol. The fraction of sp³-hybridized carbons (Fsp3) is 0.533. The summed E-state index contributed by atoms with van der Waals surface area (Å²) in [5.41, 5.74) is 0.414. The van der Waals surface area contributed by atoms with Crippen molar-refractivity contribution in [3.05, 3.63) is 35.6 Å². The maximum absolute atomic E-state index is 12.8. The molecule has 0 atom stereocenters. The van der Waals surface area contributed by atoms with Crippen LogP contribution < -0.4 is 0 Å². The van der Waals surface area contributed by atoms with Gasteiger partial charge < -0.3 is 10.0 Å². The molecule has 0 radical (unpaired) electrons. The lowest BCUT2D eigenvalue weighted by Crippen LogP contribution is -2.39. The predicted molar refractivity (Wildman–Crippen MR) is 71.3 cm³/mol. The molecule has 1 N–H and O–H groups in total. The van der Waals surface area contributed by atoms with Crippen molar-refractivity contribution in [1.82, 2.24) is 4.90 Å². The molecule has 0 aliphatic heterocycles. The Morgan fingerprint density at radius 3 is 2.42 bits per heavy atom. The number of halogens is 1. The molecule has 0 saturated heterocycles. The number of benzene rings is 1. The molecule has 1 aromatic rings. The van der Waals surface area contributed by atoms with Gasteiger partial charge in [-0.2, -0.15) is 0 Å². The van der Waals surface area contributed by atoms with Crippen LogP contribution in [0.4, 0.5) is 4.39 Å². The van der Waals surface area contributed by atoms with Gasteiger partial charge in [-0.25, -0.2) is 4.39 Å². The second-order valence-corrected chi connectivity index (χ2v) is 5.59. The molecule has 2 rings (SSSR count). The van der Waals surface area contributed by atoms with Crippen molar-refractivity contribution in [1.29, 1.82) is 0 Å². The first-order chi connectivity index (χ1) is 9.02. The Balaban J connectivity index is 1.98. The summed E-state index contributed by atoms with van der Waals surface area (Å²) in [5, 5.41) is 9.44. The molecule has 104 valence electrons. The number of hydrogen-bond acceptors (Lipinski definition) is 2. The van der Waals surface area contributed by atoms with E-state index in [2.05, 4.69) is 0 Å². The summed E-state index contributed by atoms with van der Waals surface area (Å²) in [6.07, 6.45) is 3.51. The first-order valence-corrected chi connectivity index (χ1v) is 6.68. The lowest BCUT2D eigenvalue weighted by Gasteiger charge is -2.29. The summed E-state index contributed by atoms with van der Waals surface area (Å²) in [7, 11) is 1.92. The van der Waals surface area contributed by atoms with E-state index in [4.69, 9.17) is 0 Å². The lowest BCUT2D eigenvalue weighted by atomic mass is 9.85. The van der Waals surface area contributed by atoms with Gasteiger partial charge in [-0.15, -0.1) is 0 Å². The zero-order chi connectivity index (χ0) is 13.9. The molecule has 0 amide bonds. The van der Waals surface area contributed by atoms with Crippen LogP contribution in [0, 0.1) is 11.2 Å². The van der Waals surface area contributed by atoms with E-state index in [-0.39, 0.29) is 5.82 Å². The number of rotatable bonds is 5. The Kier molecular flexibility index (Phi) is 4.20. The largest absolute Gasteiger partial charge is 0.481 e. The van der Waals surface area contributed by atoms with Crippen LogP contribution in [0.15, 0.2) is 24.3 Å². The summed E-state index contributed by atoms with van der Waals surface area (Å²) < 4.78 is 12.8. The van der Waals surface area contributed by atoms with Crippen molar-refractivity contribution in [3.63, 3.8) is 0 Å². The van der Waals surface area contributed by atoms with Gasteiger partial charge in [0.2, 0.25) is 0 Å². The van der Waals surface area contributed by atoms with Crippen molar-refractivity contribution in [2.45, 2.75) is 32.2 Å². The topological polar surface area (TPSA) is 40.5 Å². The van der Waals surface area contributed by atoms with Gasteiger partial charge in [-0.1, -0.05) is 25.0 Å². The Labute approximate surface area is 113 Å². The van der Waals surface area contributed by atoms with E-state index in [1.54, 1.807) is 12.1 Å². The quantitative estimate of drug-likeness (QED) is 0.890. The normalized spacial score (nSPS) is 17.8. The van der Waals surface area contributed by atoms with Gasteiger partial charge in [-0.05, 0) is 37.6 Å². The first kappa shape index (κ1) is 14.0. The van der Waals surface area contributed by atoms with E-state index >= 15 is 0 Å². The lowest BCUT2D eigenvalue weighted by molar-refractivity contribution is -0.149. The van der Waals surface area contributed by atoms with Crippen molar-refractivity contribution in [3.8, 4) is 0 Å². The minimum atomic E-state index is -0.684. The molecule has 0 spiro atoms. The molecule has 4 heteroatoms. The number of nitrogens with zero attached hydrogens (tertiary/aromatic N) is 1. The minimum Gasteiger partial charge on any atom is -0.481 e. The smallest absolute Gasteiger partial charge is 0.310 e. The summed E-state index contributed by atoms with van der Waals surface area (Å²) in [6, 6.07) is 6.36. The van der Waals surface area contributed by atoms with Crippen LogP contribution in [0.2, 0.25) is 0 Å². The number of carbonyl (C=O) groups is 1. The van der Waals surface area contributed by atoms with E-state index < -0.39 is 11.4 Å². The second kappa shape index (κ2) is 5.70. The molecule has 0 heterocycles. The molecule has 1 aliphatic carbocycles. The summed E-state index contributed by atoms with van der Waals surface area (Å²) in [5.74, 6) is -0.930. The third-order valence-electron chi connectivity index (χ3n) is 3.95. The molecule has 3 nitrogen and oxygen atoms in total. The molecular formula is C15H20FNO2. The van der Waals surface area contributed by atoms with Crippen LogP contribution in [-0.2, 0) is 11.3 Å². The van der Waals surface area contributed by atoms with Crippen molar-refractivity contribution < 1.29 is 14.3 Å². The standard InChI is InChI=1S/C15H20FNO2/c1-17(10-12-4-6-13(16)7-5-12)11-15(14(18)19)8-2-3-9-15/h4-7H,2-3,8-11H2,1H3,(H,18,19). The van der Waals surface area contributed by atoms with E-state index in [1.165, 1.54) is 12.1 Å². The van der Waals surface area contributed by atoms with E-state index in [0.717, 1.165) is 31.2 Å². The highest BCUT2D eigenvalue weighted by molar-refractivity contribution is 5.75. The van der Waals surface area contributed by atoms with Gasteiger partial charge >= 0.3 is 5.97 Å². The molecule has 0 unspecified atom stereocenters. The molecule has 19 heavy (non-hydrogen) atoms. The van der Waals surface area contributed by atoms with Crippen molar-refractivity contribution >= 4 is 5.97 Å². The number of carboxylic acids is 1. The maximum Gasteiger partial charge on any atom is 0.310 e.